The summed E-state index contributed by atoms with van der Waals surface area (Å²) in [5.74, 6) is 0.763. The number of carbonyl (C=O) groups is 1. The van der Waals surface area contributed by atoms with Gasteiger partial charge in [0.2, 0.25) is 0 Å². The molecular formula is C23H31N7O2. The molecule has 32 heavy (non-hydrogen) atoms. The Labute approximate surface area is 187 Å². The third kappa shape index (κ3) is 4.77. The molecule has 4 N–H and O–H groups in total. The Hall–Kier alpha value is -3.33. The van der Waals surface area contributed by atoms with Crippen LogP contribution in [0.25, 0.3) is 16.9 Å². The number of nitrogens with two attached hydrogens (primary N) is 1. The molecule has 2 aromatic heterocycles. The molecule has 2 aliphatic rings. The Morgan fingerprint density at radius 3 is 2.59 bits per heavy atom. The van der Waals surface area contributed by atoms with Crippen LogP contribution < -0.4 is 11.1 Å². The summed E-state index contributed by atoms with van der Waals surface area (Å²) in [5, 5.41) is 12.0. The number of carboxylic acid groups (broad SMARTS) is 1. The van der Waals surface area contributed by atoms with Gasteiger partial charge in [0.25, 0.3) is 0 Å². The number of benzene rings is 1. The minimum absolute atomic E-state index is 0.255. The summed E-state index contributed by atoms with van der Waals surface area (Å²) >= 11 is 0. The standard InChI is InChI=1S/C13H13N5.C10H18N2O2/c1-15-12-13-17-8-11(18(13)7-6-16-12)9-2-4-10(14)5-3-9;13-10(14)12-7-3-4-9(12)8-11-5-1-2-6-11/h2-8H,14H2,1H3,(H,15,16);9H,1-8H2,(H,13,14)/t;9-/m.1/s1. The van der Waals surface area contributed by atoms with Gasteiger partial charge in [-0.1, -0.05) is 12.1 Å². The lowest BCUT2D eigenvalue weighted by molar-refractivity contribution is 0.129. The number of amides is 1. The number of nitrogens with one attached hydrogen (secondary N) is 1. The highest BCUT2D eigenvalue weighted by molar-refractivity contribution is 5.71. The molecule has 0 spiro atoms. The van der Waals surface area contributed by atoms with Crippen molar-refractivity contribution in [3.8, 4) is 11.3 Å². The van der Waals surface area contributed by atoms with Crippen molar-refractivity contribution in [3.63, 3.8) is 0 Å². The average Bonchev–Trinajstić information content (AvgIpc) is 3.56. The number of nitrogens with zero attached hydrogens (tertiary/aromatic N) is 5. The number of hydrogen-bond donors (Lipinski definition) is 3. The molecule has 1 amide bonds. The third-order valence-electron chi connectivity index (χ3n) is 6.16. The average molecular weight is 438 g/mol. The van der Waals surface area contributed by atoms with Gasteiger partial charge in [0.15, 0.2) is 11.5 Å². The van der Waals surface area contributed by atoms with E-state index in [-0.39, 0.29) is 6.04 Å². The summed E-state index contributed by atoms with van der Waals surface area (Å²) in [7, 11) is 1.83. The molecule has 1 atom stereocenters. The molecule has 2 aliphatic heterocycles. The number of anilines is 2. The first-order valence-electron chi connectivity index (χ1n) is 11.1. The first-order chi connectivity index (χ1) is 15.6. The van der Waals surface area contributed by atoms with Crippen LogP contribution in [0.1, 0.15) is 25.7 Å². The van der Waals surface area contributed by atoms with Crippen LogP contribution in [0.5, 0.6) is 0 Å². The van der Waals surface area contributed by atoms with Crippen molar-refractivity contribution >= 4 is 23.2 Å². The van der Waals surface area contributed by atoms with E-state index in [0.717, 1.165) is 67.4 Å². The van der Waals surface area contributed by atoms with Crippen molar-refractivity contribution in [2.75, 3.05) is 44.3 Å². The Bertz CT molecular complexity index is 1040. The number of imidazole rings is 1. The molecular weight excluding hydrogens is 406 g/mol. The first kappa shape index (κ1) is 21.9. The van der Waals surface area contributed by atoms with Crippen molar-refractivity contribution < 1.29 is 9.90 Å². The monoisotopic (exact) mass is 437 g/mol. The normalized spacial score (nSPS) is 18.5. The molecule has 9 nitrogen and oxygen atoms in total. The fourth-order valence-electron chi connectivity index (χ4n) is 4.50. The van der Waals surface area contributed by atoms with Crippen LogP contribution in [0, 0.1) is 0 Å². The van der Waals surface area contributed by atoms with E-state index in [1.165, 1.54) is 12.8 Å². The molecule has 0 aliphatic carbocycles. The van der Waals surface area contributed by atoms with Crippen molar-refractivity contribution in [1.29, 1.82) is 0 Å². The fourth-order valence-corrected chi connectivity index (χ4v) is 4.50. The summed E-state index contributed by atoms with van der Waals surface area (Å²) < 4.78 is 2.00. The molecule has 0 unspecified atom stereocenters. The number of nitrogen functional groups attached to an aromatic ring is 1. The molecule has 2 fully saturated rings. The van der Waals surface area contributed by atoms with Gasteiger partial charge in [-0.05, 0) is 50.9 Å². The van der Waals surface area contributed by atoms with Crippen LogP contribution in [-0.4, -0.2) is 74.6 Å². The second kappa shape index (κ2) is 9.86. The van der Waals surface area contributed by atoms with Crippen molar-refractivity contribution in [1.82, 2.24) is 24.2 Å². The zero-order chi connectivity index (χ0) is 22.5. The summed E-state index contributed by atoms with van der Waals surface area (Å²) in [6.07, 6.45) is 9.37. The maximum atomic E-state index is 10.9. The second-order valence-electron chi connectivity index (χ2n) is 8.26. The van der Waals surface area contributed by atoms with E-state index in [4.69, 9.17) is 10.8 Å². The zero-order valence-corrected chi connectivity index (χ0v) is 18.4. The molecule has 9 heteroatoms. The molecule has 1 aromatic carbocycles. The van der Waals surface area contributed by atoms with Gasteiger partial charge in [-0.2, -0.15) is 0 Å². The molecule has 5 rings (SSSR count). The molecule has 0 radical (unpaired) electrons. The topological polar surface area (TPSA) is 112 Å². The molecule has 0 saturated carbocycles. The van der Waals surface area contributed by atoms with E-state index in [1.54, 1.807) is 11.1 Å². The maximum Gasteiger partial charge on any atom is 0.407 e. The van der Waals surface area contributed by atoms with Gasteiger partial charge in [0.05, 0.1) is 11.9 Å². The molecule has 2 saturated heterocycles. The van der Waals surface area contributed by atoms with E-state index in [2.05, 4.69) is 20.2 Å². The predicted molar refractivity (Wildman–Crippen MR) is 126 cm³/mol. The van der Waals surface area contributed by atoms with E-state index >= 15 is 0 Å². The Morgan fingerprint density at radius 1 is 1.16 bits per heavy atom. The summed E-state index contributed by atoms with van der Waals surface area (Å²) in [4.78, 5) is 23.5. The number of aromatic nitrogens is 3. The van der Waals surface area contributed by atoms with Crippen LogP contribution in [0.4, 0.5) is 16.3 Å². The van der Waals surface area contributed by atoms with Crippen LogP contribution in [-0.2, 0) is 0 Å². The number of likely N-dealkylation sites (tertiary alicyclic amines) is 2. The molecule has 0 bridgehead atoms. The quantitative estimate of drug-likeness (QED) is 0.537. The van der Waals surface area contributed by atoms with Gasteiger partial charge in [-0.3, -0.25) is 4.40 Å². The number of hydrogen-bond acceptors (Lipinski definition) is 6. The van der Waals surface area contributed by atoms with Crippen molar-refractivity contribution in [2.45, 2.75) is 31.7 Å². The third-order valence-corrected chi connectivity index (χ3v) is 6.16. The smallest absolute Gasteiger partial charge is 0.407 e. The fraction of sp³-hybridized carbons (Fsp3) is 0.435. The van der Waals surface area contributed by atoms with Gasteiger partial charge < -0.3 is 26.0 Å². The number of fused-ring (bicyclic) bond motifs is 1. The summed E-state index contributed by atoms with van der Waals surface area (Å²) in [5.41, 5.74) is 9.35. The molecule has 170 valence electrons. The minimum atomic E-state index is -0.744. The van der Waals surface area contributed by atoms with E-state index in [1.807, 2.05) is 48.1 Å². The van der Waals surface area contributed by atoms with Crippen molar-refractivity contribution in [3.05, 3.63) is 42.9 Å². The highest BCUT2D eigenvalue weighted by atomic mass is 16.4. The van der Waals surface area contributed by atoms with Crippen LogP contribution in [0.3, 0.4) is 0 Å². The second-order valence-corrected chi connectivity index (χ2v) is 8.26. The van der Waals surface area contributed by atoms with Gasteiger partial charge >= 0.3 is 6.09 Å². The molecule has 4 heterocycles. The summed E-state index contributed by atoms with van der Waals surface area (Å²) in [6, 6.07) is 7.99. The van der Waals surface area contributed by atoms with Crippen LogP contribution in [0.15, 0.2) is 42.9 Å². The Kier molecular flexibility index (Phi) is 6.75. The van der Waals surface area contributed by atoms with Gasteiger partial charge in [0, 0.05) is 49.8 Å². The zero-order valence-electron chi connectivity index (χ0n) is 18.4. The van der Waals surface area contributed by atoms with E-state index in [9.17, 15) is 4.79 Å². The van der Waals surface area contributed by atoms with E-state index in [0.29, 0.717) is 0 Å². The first-order valence-corrected chi connectivity index (χ1v) is 11.1. The lowest BCUT2D eigenvalue weighted by atomic mass is 10.1. The Balaban J connectivity index is 0.000000158. The minimum Gasteiger partial charge on any atom is -0.465 e. The molecule has 3 aromatic rings. The van der Waals surface area contributed by atoms with Crippen LogP contribution in [0.2, 0.25) is 0 Å². The van der Waals surface area contributed by atoms with Gasteiger partial charge in [-0.25, -0.2) is 14.8 Å². The number of rotatable bonds is 4. The summed E-state index contributed by atoms with van der Waals surface area (Å²) in [6.45, 7) is 3.99. The highest BCUT2D eigenvalue weighted by Gasteiger charge is 2.30. The van der Waals surface area contributed by atoms with E-state index < -0.39 is 6.09 Å². The lowest BCUT2D eigenvalue weighted by Crippen LogP contribution is -2.41. The highest BCUT2D eigenvalue weighted by Crippen LogP contribution is 2.24. The van der Waals surface area contributed by atoms with Crippen molar-refractivity contribution in [2.24, 2.45) is 0 Å². The van der Waals surface area contributed by atoms with Gasteiger partial charge in [0.1, 0.15) is 0 Å². The SMILES string of the molecule is CNc1nccn2c(-c3ccc(N)cc3)cnc12.O=C(O)N1CCC[C@@H]1CN1CCCC1. The van der Waals surface area contributed by atoms with Gasteiger partial charge in [-0.15, -0.1) is 0 Å². The maximum absolute atomic E-state index is 10.9. The predicted octanol–water partition coefficient (Wildman–Crippen LogP) is 3.24. The van der Waals surface area contributed by atoms with Crippen LogP contribution >= 0.6 is 0 Å². The lowest BCUT2D eigenvalue weighted by Gasteiger charge is -2.26. The largest absolute Gasteiger partial charge is 0.465 e. The Morgan fingerprint density at radius 2 is 1.91 bits per heavy atom.